The maximum Gasteiger partial charge on any atom is 0.225 e. The van der Waals surface area contributed by atoms with Crippen LogP contribution in [0.15, 0.2) is 55.0 Å². The molecule has 1 aromatic carbocycles. The molecule has 2 aromatic heterocycles. The molecule has 1 amide bonds. The lowest BCUT2D eigenvalue weighted by Crippen LogP contribution is -2.27. The third-order valence-electron chi connectivity index (χ3n) is 7.90. The van der Waals surface area contributed by atoms with Crippen LogP contribution >= 0.6 is 0 Å². The van der Waals surface area contributed by atoms with Crippen LogP contribution in [0.3, 0.4) is 0 Å². The first kappa shape index (κ1) is 20.3. The van der Waals surface area contributed by atoms with Crippen molar-refractivity contribution in [1.29, 1.82) is 0 Å². The van der Waals surface area contributed by atoms with E-state index in [1.807, 2.05) is 37.3 Å². The molecule has 4 unspecified atom stereocenters. The molecule has 0 aliphatic heterocycles. The zero-order valence-electron chi connectivity index (χ0n) is 19.1. The van der Waals surface area contributed by atoms with E-state index < -0.39 is 0 Å². The van der Waals surface area contributed by atoms with Crippen molar-refractivity contribution in [3.63, 3.8) is 0 Å². The maximum absolute atomic E-state index is 12.8. The molecular weight excluding hydrogens is 410 g/mol. The molecule has 3 aliphatic rings. The van der Waals surface area contributed by atoms with E-state index in [1.54, 1.807) is 12.4 Å². The van der Waals surface area contributed by atoms with Gasteiger partial charge in [0.1, 0.15) is 0 Å². The van der Waals surface area contributed by atoms with Gasteiger partial charge in [0.25, 0.3) is 0 Å². The van der Waals surface area contributed by atoms with Gasteiger partial charge >= 0.3 is 0 Å². The number of fused-ring (bicyclic) bond motifs is 5. The number of rotatable bonds is 6. The van der Waals surface area contributed by atoms with Crippen molar-refractivity contribution in [2.75, 3.05) is 19.0 Å². The zero-order chi connectivity index (χ0) is 22.5. The number of amides is 1. The number of nitrogens with zero attached hydrogens (tertiary/aromatic N) is 4. The summed E-state index contributed by atoms with van der Waals surface area (Å²) < 4.78 is 0. The Kier molecular flexibility index (Phi) is 4.89. The number of benzene rings is 1. The average molecular weight is 440 g/mol. The number of nitrogens with one attached hydrogen (secondary N) is 1. The Labute approximate surface area is 194 Å². The highest BCUT2D eigenvalue weighted by Gasteiger charge is 2.67. The predicted molar refractivity (Wildman–Crippen MR) is 128 cm³/mol. The van der Waals surface area contributed by atoms with Gasteiger partial charge in [-0.3, -0.25) is 9.78 Å². The van der Waals surface area contributed by atoms with Crippen LogP contribution < -0.4 is 10.2 Å². The third-order valence-corrected chi connectivity index (χ3v) is 7.90. The van der Waals surface area contributed by atoms with Crippen LogP contribution in [-0.2, 0) is 11.3 Å². The van der Waals surface area contributed by atoms with E-state index in [1.165, 1.54) is 19.3 Å². The molecule has 0 radical (unpaired) electrons. The Morgan fingerprint density at radius 1 is 1.00 bits per heavy atom. The molecule has 1 N–H and O–H groups in total. The Morgan fingerprint density at radius 2 is 1.70 bits per heavy atom. The molecule has 33 heavy (non-hydrogen) atoms. The Hall–Kier alpha value is -3.28. The van der Waals surface area contributed by atoms with Gasteiger partial charge in [0.2, 0.25) is 11.9 Å². The van der Waals surface area contributed by atoms with Crippen molar-refractivity contribution >= 4 is 11.9 Å². The van der Waals surface area contributed by atoms with Gasteiger partial charge in [0.15, 0.2) is 0 Å². The molecule has 2 bridgehead atoms. The van der Waals surface area contributed by atoms with Gasteiger partial charge in [0, 0.05) is 56.3 Å². The molecule has 3 aromatic rings. The Balaban J connectivity index is 1.19. The van der Waals surface area contributed by atoms with Crippen molar-refractivity contribution in [1.82, 2.24) is 20.3 Å². The number of hydrogen-bond donors (Lipinski definition) is 1. The fraction of sp³-hybridized carbons (Fsp3) is 0.407. The first-order valence-electron chi connectivity index (χ1n) is 11.9. The van der Waals surface area contributed by atoms with Crippen molar-refractivity contribution < 1.29 is 4.79 Å². The average Bonchev–Trinajstić information content (AvgIpc) is 3.29. The molecule has 0 saturated heterocycles. The van der Waals surface area contributed by atoms with E-state index in [0.717, 1.165) is 39.8 Å². The SMILES string of the molecule is CN(C)c1ncc(-c2ccncc2)c(-c2ccc(CNC(=O)C3C4C5CCC(C5)C34)cc2)n1. The van der Waals surface area contributed by atoms with Gasteiger partial charge in [-0.25, -0.2) is 9.97 Å². The highest BCUT2D eigenvalue weighted by molar-refractivity contribution is 5.83. The molecule has 3 saturated carbocycles. The molecule has 168 valence electrons. The smallest absolute Gasteiger partial charge is 0.225 e. The minimum absolute atomic E-state index is 0.261. The monoisotopic (exact) mass is 439 g/mol. The standard InChI is InChI=1S/C27H29N5O/c1-32(2)27-30-15-21(17-9-11-28-12-10-17)25(31-27)18-5-3-16(4-6-18)14-29-26(33)24-22-19-7-8-20(13-19)23(22)24/h3-6,9-12,15,19-20,22-24H,7-8,13-14H2,1-2H3,(H,29,33). The molecule has 3 fully saturated rings. The minimum atomic E-state index is 0.261. The predicted octanol–water partition coefficient (Wildman–Crippen LogP) is 4.18. The summed E-state index contributed by atoms with van der Waals surface area (Å²) >= 11 is 0. The van der Waals surface area contributed by atoms with E-state index in [4.69, 9.17) is 4.98 Å². The largest absolute Gasteiger partial charge is 0.352 e. The number of hydrogen-bond acceptors (Lipinski definition) is 5. The number of carbonyl (C=O) groups excluding carboxylic acids is 1. The van der Waals surface area contributed by atoms with Crippen molar-refractivity contribution in [3.05, 3.63) is 60.6 Å². The summed E-state index contributed by atoms with van der Waals surface area (Å²) in [6.07, 6.45) is 9.50. The van der Waals surface area contributed by atoms with Gasteiger partial charge < -0.3 is 10.2 Å². The van der Waals surface area contributed by atoms with E-state index in [9.17, 15) is 4.79 Å². The minimum Gasteiger partial charge on any atom is -0.352 e. The lowest BCUT2D eigenvalue weighted by atomic mass is 10.0. The van der Waals surface area contributed by atoms with Crippen LogP contribution in [0.4, 0.5) is 5.95 Å². The highest BCUT2D eigenvalue weighted by Crippen LogP contribution is 2.69. The van der Waals surface area contributed by atoms with E-state index in [0.29, 0.717) is 24.3 Å². The molecule has 6 nitrogen and oxygen atoms in total. The van der Waals surface area contributed by atoms with Crippen LogP contribution in [-0.4, -0.2) is 35.0 Å². The number of pyridine rings is 1. The van der Waals surface area contributed by atoms with Crippen molar-refractivity contribution in [2.45, 2.75) is 25.8 Å². The summed E-state index contributed by atoms with van der Waals surface area (Å²) in [5, 5.41) is 3.20. The second kappa shape index (κ2) is 7.94. The fourth-order valence-electron chi connectivity index (χ4n) is 6.31. The van der Waals surface area contributed by atoms with Crippen LogP contribution in [0.25, 0.3) is 22.4 Å². The van der Waals surface area contributed by atoms with Gasteiger partial charge in [0.05, 0.1) is 5.69 Å². The second-order valence-electron chi connectivity index (χ2n) is 9.99. The second-order valence-corrected chi connectivity index (χ2v) is 9.99. The molecule has 2 heterocycles. The molecule has 6 rings (SSSR count). The third kappa shape index (κ3) is 3.58. The first-order valence-corrected chi connectivity index (χ1v) is 11.9. The van der Waals surface area contributed by atoms with Gasteiger partial charge in [-0.2, -0.15) is 0 Å². The topological polar surface area (TPSA) is 71.0 Å². The van der Waals surface area contributed by atoms with Gasteiger partial charge in [-0.15, -0.1) is 0 Å². The highest BCUT2D eigenvalue weighted by atomic mass is 16.2. The Bertz CT molecular complexity index is 1160. The van der Waals surface area contributed by atoms with E-state index >= 15 is 0 Å². The van der Waals surface area contributed by atoms with Crippen LogP contribution in [0.5, 0.6) is 0 Å². The number of carbonyl (C=O) groups is 1. The molecule has 3 aliphatic carbocycles. The van der Waals surface area contributed by atoms with Gasteiger partial charge in [-0.1, -0.05) is 24.3 Å². The zero-order valence-corrected chi connectivity index (χ0v) is 19.1. The number of aromatic nitrogens is 3. The number of anilines is 1. The van der Waals surface area contributed by atoms with Crippen molar-refractivity contribution in [2.24, 2.45) is 29.6 Å². The van der Waals surface area contributed by atoms with Crippen molar-refractivity contribution in [3.8, 4) is 22.4 Å². The first-order chi connectivity index (χ1) is 16.1. The summed E-state index contributed by atoms with van der Waals surface area (Å²) in [6, 6.07) is 12.3. The molecular formula is C27H29N5O. The van der Waals surface area contributed by atoms with Gasteiger partial charge in [-0.05, 0) is 66.2 Å². The van der Waals surface area contributed by atoms with Crippen LogP contribution in [0.2, 0.25) is 0 Å². The Morgan fingerprint density at radius 3 is 2.36 bits per heavy atom. The lowest BCUT2D eigenvalue weighted by molar-refractivity contribution is -0.123. The summed E-state index contributed by atoms with van der Waals surface area (Å²) in [5.74, 6) is 4.22. The normalized spacial score (nSPS) is 26.7. The molecule has 4 atom stereocenters. The fourth-order valence-corrected chi connectivity index (χ4v) is 6.31. The summed E-state index contributed by atoms with van der Waals surface area (Å²) in [6.45, 7) is 0.578. The summed E-state index contributed by atoms with van der Waals surface area (Å²) in [7, 11) is 3.88. The molecule has 6 heteroatoms. The lowest BCUT2D eigenvalue weighted by Gasteiger charge is -2.15. The van der Waals surface area contributed by atoms with Crippen LogP contribution in [0.1, 0.15) is 24.8 Å². The van der Waals surface area contributed by atoms with E-state index in [-0.39, 0.29) is 11.8 Å². The molecule has 0 spiro atoms. The van der Waals surface area contributed by atoms with Crippen LogP contribution in [0, 0.1) is 29.6 Å². The summed E-state index contributed by atoms with van der Waals surface area (Å²) in [4.78, 5) is 28.1. The summed E-state index contributed by atoms with van der Waals surface area (Å²) in [5.41, 5.74) is 5.02. The van der Waals surface area contributed by atoms with E-state index in [2.05, 4.69) is 39.6 Å². The quantitative estimate of drug-likeness (QED) is 0.624. The maximum atomic E-state index is 12.8.